The summed E-state index contributed by atoms with van der Waals surface area (Å²) < 4.78 is 6.62. The van der Waals surface area contributed by atoms with Crippen LogP contribution in [0.2, 0.25) is 0 Å². The zero-order valence-corrected chi connectivity index (χ0v) is 13.7. The van der Waals surface area contributed by atoms with Crippen molar-refractivity contribution in [3.8, 4) is 0 Å². The summed E-state index contributed by atoms with van der Waals surface area (Å²) in [5.41, 5.74) is 1.34. The van der Waals surface area contributed by atoms with Crippen LogP contribution in [0.15, 0.2) is 37.7 Å². The molecule has 0 unspecified atom stereocenters. The molecule has 0 atom stereocenters. The van der Waals surface area contributed by atoms with Crippen molar-refractivity contribution >= 4 is 37.8 Å². The van der Waals surface area contributed by atoms with Crippen LogP contribution < -0.4 is 0 Å². The Hall–Kier alpha value is -1.14. The third-order valence-corrected chi connectivity index (χ3v) is 3.77. The molecule has 0 aliphatic carbocycles. The molecule has 1 aromatic carbocycles. The van der Waals surface area contributed by atoms with Crippen LogP contribution in [0, 0.1) is 6.92 Å². The Labute approximate surface area is 128 Å². The molecule has 1 heterocycles. The Morgan fingerprint density at radius 1 is 1.37 bits per heavy atom. The van der Waals surface area contributed by atoms with Crippen molar-refractivity contribution in [2.75, 3.05) is 7.05 Å². The Bertz CT molecular complexity index is 610. The van der Waals surface area contributed by atoms with Gasteiger partial charge < -0.3 is 9.42 Å². The first-order chi connectivity index (χ1) is 8.97. The lowest BCUT2D eigenvalue weighted by molar-refractivity contribution is 0.0781. The Kier molecular flexibility index (Phi) is 4.42. The van der Waals surface area contributed by atoms with Crippen molar-refractivity contribution in [1.29, 1.82) is 0 Å². The Morgan fingerprint density at radius 2 is 2.11 bits per heavy atom. The zero-order chi connectivity index (χ0) is 14.0. The van der Waals surface area contributed by atoms with Crippen LogP contribution in [0.5, 0.6) is 0 Å². The number of amides is 1. The van der Waals surface area contributed by atoms with Crippen molar-refractivity contribution in [2.45, 2.75) is 13.5 Å². The maximum atomic E-state index is 12.3. The molecule has 0 fully saturated rings. The van der Waals surface area contributed by atoms with Gasteiger partial charge in [-0.15, -0.1) is 0 Å². The number of nitrogens with zero attached hydrogens (tertiary/aromatic N) is 2. The monoisotopic (exact) mass is 386 g/mol. The number of aryl methyl sites for hydroxylation is 1. The van der Waals surface area contributed by atoms with E-state index in [1.54, 1.807) is 18.0 Å². The molecule has 2 rings (SSSR count). The van der Waals surface area contributed by atoms with Gasteiger partial charge in [0.15, 0.2) is 0 Å². The fraction of sp³-hybridized carbons (Fsp3) is 0.231. The average molecular weight is 388 g/mol. The highest BCUT2D eigenvalue weighted by molar-refractivity contribution is 9.11. The molecule has 1 aromatic heterocycles. The smallest absolute Gasteiger partial charge is 0.255 e. The predicted molar refractivity (Wildman–Crippen MR) is 78.9 cm³/mol. The topological polar surface area (TPSA) is 46.3 Å². The first kappa shape index (κ1) is 14.3. The summed E-state index contributed by atoms with van der Waals surface area (Å²) in [4.78, 5) is 13.9. The number of carbonyl (C=O) groups is 1. The quantitative estimate of drug-likeness (QED) is 0.804. The van der Waals surface area contributed by atoms with E-state index >= 15 is 0 Å². The molecular weight excluding hydrogens is 376 g/mol. The summed E-state index contributed by atoms with van der Waals surface area (Å²) in [6.07, 6.45) is 0. The third-order valence-electron chi connectivity index (χ3n) is 2.58. The minimum Gasteiger partial charge on any atom is -0.361 e. The molecule has 6 heteroatoms. The summed E-state index contributed by atoms with van der Waals surface area (Å²) in [5, 5.41) is 3.88. The third kappa shape index (κ3) is 3.45. The Balaban J connectivity index is 2.16. The van der Waals surface area contributed by atoms with Crippen LogP contribution >= 0.6 is 31.9 Å². The van der Waals surface area contributed by atoms with E-state index in [0.717, 1.165) is 20.4 Å². The number of hydrogen-bond acceptors (Lipinski definition) is 3. The van der Waals surface area contributed by atoms with Crippen LogP contribution in [0.25, 0.3) is 0 Å². The van der Waals surface area contributed by atoms with Gasteiger partial charge in [-0.3, -0.25) is 4.79 Å². The number of benzene rings is 1. The molecule has 0 bridgehead atoms. The molecule has 0 saturated carbocycles. The standard InChI is InChI=1S/C13H12Br2N2O2/c1-8-5-10(16-19-8)7-17(2)13(18)11-6-9(14)3-4-12(11)15/h3-6H,7H2,1-2H3. The number of carbonyl (C=O) groups excluding carboxylic acids is 1. The molecule has 100 valence electrons. The maximum absolute atomic E-state index is 12.3. The predicted octanol–water partition coefficient (Wildman–Crippen LogP) is 3.78. The van der Waals surface area contributed by atoms with E-state index in [1.165, 1.54) is 0 Å². The van der Waals surface area contributed by atoms with Gasteiger partial charge in [-0.2, -0.15) is 0 Å². The van der Waals surface area contributed by atoms with Gasteiger partial charge in [-0.05, 0) is 41.1 Å². The lowest BCUT2D eigenvalue weighted by Crippen LogP contribution is -2.26. The summed E-state index contributed by atoms with van der Waals surface area (Å²) in [6, 6.07) is 7.32. The fourth-order valence-electron chi connectivity index (χ4n) is 1.67. The van der Waals surface area contributed by atoms with E-state index < -0.39 is 0 Å². The first-order valence-corrected chi connectivity index (χ1v) is 7.18. The van der Waals surface area contributed by atoms with E-state index in [1.807, 2.05) is 25.1 Å². The molecule has 4 nitrogen and oxygen atoms in total. The molecule has 2 aromatic rings. The van der Waals surface area contributed by atoms with Gasteiger partial charge in [0.25, 0.3) is 5.91 Å². The summed E-state index contributed by atoms with van der Waals surface area (Å²) in [5.74, 6) is 0.660. The average Bonchev–Trinajstić information content (AvgIpc) is 2.77. The van der Waals surface area contributed by atoms with E-state index in [9.17, 15) is 4.79 Å². The van der Waals surface area contributed by atoms with Crippen molar-refractivity contribution in [3.63, 3.8) is 0 Å². The van der Waals surface area contributed by atoms with Crippen LogP contribution in [-0.4, -0.2) is 23.0 Å². The number of halogens is 2. The van der Waals surface area contributed by atoms with Gasteiger partial charge in [-0.1, -0.05) is 21.1 Å². The molecule has 1 amide bonds. The lowest BCUT2D eigenvalue weighted by atomic mass is 10.2. The van der Waals surface area contributed by atoms with E-state index in [0.29, 0.717) is 12.1 Å². The Morgan fingerprint density at radius 3 is 2.74 bits per heavy atom. The lowest BCUT2D eigenvalue weighted by Gasteiger charge is -2.16. The first-order valence-electron chi connectivity index (χ1n) is 5.60. The van der Waals surface area contributed by atoms with E-state index in [-0.39, 0.29) is 5.91 Å². The highest BCUT2D eigenvalue weighted by atomic mass is 79.9. The minimum absolute atomic E-state index is 0.0752. The normalized spacial score (nSPS) is 10.5. The number of rotatable bonds is 3. The SMILES string of the molecule is Cc1cc(CN(C)C(=O)c2cc(Br)ccc2Br)no1. The highest BCUT2D eigenvalue weighted by Crippen LogP contribution is 2.23. The van der Waals surface area contributed by atoms with E-state index in [4.69, 9.17) is 4.52 Å². The molecular formula is C13H12Br2N2O2. The van der Waals surface area contributed by atoms with Crippen molar-refractivity contribution in [1.82, 2.24) is 10.1 Å². The van der Waals surface area contributed by atoms with Gasteiger partial charge >= 0.3 is 0 Å². The number of aromatic nitrogens is 1. The van der Waals surface area contributed by atoms with Gasteiger partial charge in [0.05, 0.1) is 12.1 Å². The van der Waals surface area contributed by atoms with Crippen LogP contribution in [-0.2, 0) is 6.54 Å². The van der Waals surface area contributed by atoms with Gasteiger partial charge in [0, 0.05) is 22.1 Å². The second-order valence-corrected chi connectivity index (χ2v) is 5.98. The molecule has 19 heavy (non-hydrogen) atoms. The molecule has 0 aliphatic rings. The van der Waals surface area contributed by atoms with Crippen molar-refractivity contribution in [3.05, 3.63) is 50.2 Å². The molecule has 0 aliphatic heterocycles. The van der Waals surface area contributed by atoms with Crippen LogP contribution in [0.3, 0.4) is 0 Å². The maximum Gasteiger partial charge on any atom is 0.255 e. The van der Waals surface area contributed by atoms with Gasteiger partial charge in [-0.25, -0.2) is 0 Å². The second kappa shape index (κ2) is 5.88. The summed E-state index contributed by atoms with van der Waals surface area (Å²) in [7, 11) is 1.74. The van der Waals surface area contributed by atoms with Crippen molar-refractivity contribution < 1.29 is 9.32 Å². The zero-order valence-electron chi connectivity index (χ0n) is 10.5. The number of hydrogen-bond donors (Lipinski definition) is 0. The molecule has 0 radical (unpaired) electrons. The van der Waals surface area contributed by atoms with Crippen LogP contribution in [0.4, 0.5) is 0 Å². The second-order valence-electron chi connectivity index (χ2n) is 4.21. The minimum atomic E-state index is -0.0752. The molecule has 0 spiro atoms. The molecule has 0 N–H and O–H groups in total. The molecule has 0 saturated heterocycles. The van der Waals surface area contributed by atoms with E-state index in [2.05, 4.69) is 37.0 Å². The van der Waals surface area contributed by atoms with Gasteiger partial charge in [0.2, 0.25) is 0 Å². The van der Waals surface area contributed by atoms with Crippen molar-refractivity contribution in [2.24, 2.45) is 0 Å². The summed E-state index contributed by atoms with van der Waals surface area (Å²) in [6.45, 7) is 2.23. The summed E-state index contributed by atoms with van der Waals surface area (Å²) >= 11 is 6.75. The largest absolute Gasteiger partial charge is 0.361 e. The van der Waals surface area contributed by atoms with Crippen LogP contribution in [0.1, 0.15) is 21.8 Å². The fourth-order valence-corrected chi connectivity index (χ4v) is 2.45. The highest BCUT2D eigenvalue weighted by Gasteiger charge is 2.16. The van der Waals surface area contributed by atoms with Gasteiger partial charge in [0.1, 0.15) is 11.5 Å².